The maximum atomic E-state index is 12.3. The molecule has 138 valence electrons. The number of amides is 1. The zero-order chi connectivity index (χ0) is 18.8. The molecule has 2 aromatic rings. The number of hydrogen-bond acceptors (Lipinski definition) is 5. The predicted octanol–water partition coefficient (Wildman–Crippen LogP) is 2.11. The minimum absolute atomic E-state index is 0.237. The second-order valence-electron chi connectivity index (χ2n) is 5.38. The molecule has 2 N–H and O–H groups in total. The van der Waals surface area contributed by atoms with E-state index >= 15 is 0 Å². The number of aliphatic carboxylic acids is 1. The zero-order valence-electron chi connectivity index (χ0n) is 14.4. The molecular weight excluding hydrogens is 338 g/mol. The van der Waals surface area contributed by atoms with Gasteiger partial charge in [-0.25, -0.2) is 4.79 Å². The normalized spacial score (nSPS) is 10.2. The molecule has 0 aliphatic rings. The van der Waals surface area contributed by atoms with E-state index in [0.717, 1.165) is 5.56 Å². The summed E-state index contributed by atoms with van der Waals surface area (Å²) in [4.78, 5) is 22.8. The van der Waals surface area contributed by atoms with Crippen molar-refractivity contribution in [3.05, 3.63) is 59.7 Å². The van der Waals surface area contributed by atoms with E-state index in [2.05, 4.69) is 5.32 Å². The van der Waals surface area contributed by atoms with E-state index in [9.17, 15) is 9.59 Å². The summed E-state index contributed by atoms with van der Waals surface area (Å²) >= 11 is 0. The molecule has 0 spiro atoms. The first-order valence-corrected chi connectivity index (χ1v) is 8.02. The molecule has 0 aliphatic carbocycles. The van der Waals surface area contributed by atoms with Gasteiger partial charge in [0.15, 0.2) is 6.61 Å². The number of hydrogen-bond donors (Lipinski definition) is 2. The Bertz CT molecular complexity index is 746. The molecule has 0 fully saturated rings. The highest BCUT2D eigenvalue weighted by molar-refractivity contribution is 5.94. The van der Waals surface area contributed by atoms with Crippen LogP contribution in [0.1, 0.15) is 15.9 Å². The van der Waals surface area contributed by atoms with Crippen LogP contribution < -0.4 is 14.8 Å². The lowest BCUT2D eigenvalue weighted by atomic mass is 10.2. The van der Waals surface area contributed by atoms with Gasteiger partial charge in [-0.05, 0) is 35.9 Å². The van der Waals surface area contributed by atoms with Crippen molar-refractivity contribution >= 4 is 11.9 Å². The fraction of sp³-hybridized carbons (Fsp3) is 0.263. The van der Waals surface area contributed by atoms with Gasteiger partial charge in [-0.3, -0.25) is 4.79 Å². The second kappa shape index (κ2) is 10.0. The van der Waals surface area contributed by atoms with Crippen LogP contribution in [-0.2, 0) is 16.1 Å². The summed E-state index contributed by atoms with van der Waals surface area (Å²) in [5.41, 5.74) is 1.28. The molecule has 7 heteroatoms. The summed E-state index contributed by atoms with van der Waals surface area (Å²) in [7, 11) is 1.59. The Morgan fingerprint density at radius 1 is 1.00 bits per heavy atom. The topological polar surface area (TPSA) is 94.1 Å². The van der Waals surface area contributed by atoms with Crippen molar-refractivity contribution < 1.29 is 28.9 Å². The number of carbonyl (C=O) groups is 2. The molecule has 0 saturated carbocycles. The molecule has 0 aromatic heterocycles. The molecule has 0 atom stereocenters. The van der Waals surface area contributed by atoms with E-state index in [1.807, 2.05) is 6.07 Å². The van der Waals surface area contributed by atoms with Gasteiger partial charge in [-0.15, -0.1) is 0 Å². The van der Waals surface area contributed by atoms with Gasteiger partial charge in [0.25, 0.3) is 5.91 Å². The van der Waals surface area contributed by atoms with Gasteiger partial charge in [0.2, 0.25) is 0 Å². The van der Waals surface area contributed by atoms with Crippen molar-refractivity contribution in [3.63, 3.8) is 0 Å². The average Bonchev–Trinajstić information content (AvgIpc) is 2.65. The van der Waals surface area contributed by atoms with Gasteiger partial charge in [-0.2, -0.15) is 0 Å². The molecule has 0 heterocycles. The molecule has 0 radical (unpaired) electrons. The summed E-state index contributed by atoms with van der Waals surface area (Å²) in [5.74, 6) is -0.248. The smallest absolute Gasteiger partial charge is 0.341 e. The largest absolute Gasteiger partial charge is 0.491 e. The molecule has 0 saturated heterocycles. The summed E-state index contributed by atoms with van der Waals surface area (Å²) < 4.78 is 15.5. The van der Waals surface area contributed by atoms with Crippen LogP contribution in [0.4, 0.5) is 0 Å². The lowest BCUT2D eigenvalue weighted by molar-refractivity contribution is -0.139. The van der Waals surface area contributed by atoms with Crippen LogP contribution in [0.3, 0.4) is 0 Å². The Kier molecular flexibility index (Phi) is 7.45. The molecular formula is C19H21NO6. The van der Waals surface area contributed by atoms with E-state index in [1.165, 1.54) is 0 Å². The molecule has 0 aliphatic heterocycles. The van der Waals surface area contributed by atoms with Crippen molar-refractivity contribution in [2.75, 3.05) is 26.9 Å². The van der Waals surface area contributed by atoms with Crippen LogP contribution >= 0.6 is 0 Å². The molecule has 0 unspecified atom stereocenters. The Morgan fingerprint density at radius 2 is 1.73 bits per heavy atom. The maximum Gasteiger partial charge on any atom is 0.341 e. The van der Waals surface area contributed by atoms with Gasteiger partial charge >= 0.3 is 5.97 Å². The number of carboxylic acid groups (broad SMARTS) is 1. The second-order valence-corrected chi connectivity index (χ2v) is 5.38. The maximum absolute atomic E-state index is 12.3. The number of carbonyl (C=O) groups excluding carboxylic acids is 1. The predicted molar refractivity (Wildman–Crippen MR) is 94.6 cm³/mol. The lowest BCUT2D eigenvalue weighted by Crippen LogP contribution is -2.22. The van der Waals surface area contributed by atoms with Crippen LogP contribution in [-0.4, -0.2) is 43.9 Å². The first-order valence-electron chi connectivity index (χ1n) is 8.02. The van der Waals surface area contributed by atoms with Gasteiger partial charge in [0.05, 0.1) is 6.61 Å². The minimum Gasteiger partial charge on any atom is -0.491 e. The molecule has 2 rings (SSSR count). The first-order chi connectivity index (χ1) is 12.6. The van der Waals surface area contributed by atoms with Crippen LogP contribution in [0.5, 0.6) is 11.5 Å². The number of carboxylic acids is 1. The van der Waals surface area contributed by atoms with Gasteiger partial charge in [0.1, 0.15) is 18.1 Å². The molecule has 0 bridgehead atoms. The summed E-state index contributed by atoms with van der Waals surface area (Å²) in [5, 5.41) is 11.4. The summed E-state index contributed by atoms with van der Waals surface area (Å²) in [6.07, 6.45) is 0. The van der Waals surface area contributed by atoms with Gasteiger partial charge in [0, 0.05) is 19.2 Å². The number of benzene rings is 2. The summed E-state index contributed by atoms with van der Waals surface area (Å²) in [6.45, 7) is 0.755. The Hall–Kier alpha value is -3.06. The van der Waals surface area contributed by atoms with Crippen molar-refractivity contribution in [2.45, 2.75) is 6.54 Å². The number of rotatable bonds is 10. The van der Waals surface area contributed by atoms with E-state index < -0.39 is 12.6 Å². The van der Waals surface area contributed by atoms with Crippen molar-refractivity contribution in [2.24, 2.45) is 0 Å². The van der Waals surface area contributed by atoms with E-state index in [1.54, 1.807) is 49.6 Å². The molecule has 1 amide bonds. The van der Waals surface area contributed by atoms with E-state index in [-0.39, 0.29) is 12.5 Å². The van der Waals surface area contributed by atoms with Crippen molar-refractivity contribution in [3.8, 4) is 11.5 Å². The van der Waals surface area contributed by atoms with Gasteiger partial charge < -0.3 is 24.6 Å². The highest BCUT2D eigenvalue weighted by Crippen LogP contribution is 2.15. The van der Waals surface area contributed by atoms with Crippen molar-refractivity contribution in [1.82, 2.24) is 5.32 Å². The van der Waals surface area contributed by atoms with E-state index in [4.69, 9.17) is 19.3 Å². The third-order valence-corrected chi connectivity index (χ3v) is 3.37. The minimum atomic E-state index is -1.05. The molecule has 2 aromatic carbocycles. The Morgan fingerprint density at radius 3 is 2.46 bits per heavy atom. The number of methoxy groups -OCH3 is 1. The van der Waals surface area contributed by atoms with Gasteiger partial charge in [-0.1, -0.05) is 18.2 Å². The third-order valence-electron chi connectivity index (χ3n) is 3.37. The Labute approximate surface area is 151 Å². The zero-order valence-corrected chi connectivity index (χ0v) is 14.4. The van der Waals surface area contributed by atoms with Crippen LogP contribution in [0.2, 0.25) is 0 Å². The SMILES string of the molecule is COCCOc1cccc(C(=O)NCc2cccc(OCC(=O)O)c2)c1. The van der Waals surface area contributed by atoms with Crippen LogP contribution in [0, 0.1) is 0 Å². The number of ether oxygens (including phenoxy) is 3. The molecule has 26 heavy (non-hydrogen) atoms. The monoisotopic (exact) mass is 359 g/mol. The average molecular weight is 359 g/mol. The first kappa shape index (κ1) is 19.3. The fourth-order valence-electron chi connectivity index (χ4n) is 2.14. The Balaban J connectivity index is 1.91. The lowest BCUT2D eigenvalue weighted by Gasteiger charge is -2.09. The van der Waals surface area contributed by atoms with Crippen LogP contribution in [0.15, 0.2) is 48.5 Å². The quantitative estimate of drug-likeness (QED) is 0.631. The summed E-state index contributed by atoms with van der Waals surface area (Å²) in [6, 6.07) is 13.8. The van der Waals surface area contributed by atoms with Crippen LogP contribution in [0.25, 0.3) is 0 Å². The third kappa shape index (κ3) is 6.45. The van der Waals surface area contributed by atoms with E-state index in [0.29, 0.717) is 30.3 Å². The highest BCUT2D eigenvalue weighted by Gasteiger charge is 2.07. The fourth-order valence-corrected chi connectivity index (χ4v) is 2.14. The molecule has 7 nitrogen and oxygen atoms in total. The highest BCUT2D eigenvalue weighted by atomic mass is 16.5. The standard InChI is InChI=1S/C19H21NO6/c1-24-8-9-25-17-7-3-5-15(11-17)19(23)20-12-14-4-2-6-16(10-14)26-13-18(21)22/h2-7,10-11H,8-9,12-13H2,1H3,(H,20,23)(H,21,22). The van der Waals surface area contributed by atoms with Crippen molar-refractivity contribution in [1.29, 1.82) is 0 Å². The number of nitrogens with one attached hydrogen (secondary N) is 1.